The number of hydrogen-bond acceptors (Lipinski definition) is 7. The van der Waals surface area contributed by atoms with Crippen LogP contribution >= 0.6 is 0 Å². The van der Waals surface area contributed by atoms with E-state index in [4.69, 9.17) is 8.94 Å². The highest BCUT2D eigenvalue weighted by Gasteiger charge is 2.43. The van der Waals surface area contributed by atoms with Gasteiger partial charge in [0.05, 0.1) is 5.69 Å². The highest BCUT2D eigenvalue weighted by molar-refractivity contribution is 5.92. The third-order valence-electron chi connectivity index (χ3n) is 4.53. The van der Waals surface area contributed by atoms with E-state index < -0.39 is 5.67 Å². The predicted molar refractivity (Wildman–Crippen MR) is 86.7 cm³/mol. The van der Waals surface area contributed by atoms with Crippen molar-refractivity contribution >= 4 is 5.91 Å². The van der Waals surface area contributed by atoms with Crippen molar-refractivity contribution in [3.05, 3.63) is 48.3 Å². The molecule has 1 amide bonds. The Morgan fingerprint density at radius 3 is 2.65 bits per heavy atom. The van der Waals surface area contributed by atoms with Gasteiger partial charge in [0, 0.05) is 43.9 Å². The smallest absolute Gasteiger partial charge is 0.291 e. The molecule has 3 aromatic heterocycles. The molecule has 3 aromatic rings. The van der Waals surface area contributed by atoms with Crippen LogP contribution in [0.4, 0.5) is 4.39 Å². The summed E-state index contributed by atoms with van der Waals surface area (Å²) in [6.45, 7) is 2.14. The summed E-state index contributed by atoms with van der Waals surface area (Å²) < 4.78 is 25.6. The second-order valence-electron chi connectivity index (χ2n) is 6.18. The van der Waals surface area contributed by atoms with E-state index in [2.05, 4.69) is 20.1 Å². The molecule has 26 heavy (non-hydrogen) atoms. The van der Waals surface area contributed by atoms with Crippen LogP contribution in [-0.4, -0.2) is 44.0 Å². The van der Waals surface area contributed by atoms with Crippen molar-refractivity contribution in [2.45, 2.75) is 25.4 Å². The predicted octanol–water partition coefficient (Wildman–Crippen LogP) is 2.53. The Hall–Kier alpha value is -3.10. The zero-order valence-electron chi connectivity index (χ0n) is 14.1. The second-order valence-corrected chi connectivity index (χ2v) is 6.18. The monoisotopic (exact) mass is 357 g/mol. The number of aromatic nitrogens is 4. The fraction of sp³-hybridized carbons (Fsp3) is 0.353. The molecule has 1 fully saturated rings. The normalized spacial score (nSPS) is 16.6. The van der Waals surface area contributed by atoms with Gasteiger partial charge in [0.1, 0.15) is 0 Å². The lowest BCUT2D eigenvalue weighted by Crippen LogP contribution is -2.43. The lowest BCUT2D eigenvalue weighted by Gasteiger charge is -2.33. The zero-order chi connectivity index (χ0) is 18.1. The second kappa shape index (κ2) is 6.32. The third kappa shape index (κ3) is 2.85. The Balaban J connectivity index is 1.47. The fourth-order valence-electron chi connectivity index (χ4n) is 2.95. The highest BCUT2D eigenvalue weighted by atomic mass is 19.1. The maximum absolute atomic E-state index is 15.3. The summed E-state index contributed by atoms with van der Waals surface area (Å²) in [6, 6.07) is 3.45. The topological polar surface area (TPSA) is 98.2 Å². The summed E-state index contributed by atoms with van der Waals surface area (Å²) in [5, 5.41) is 3.86. The van der Waals surface area contributed by atoms with E-state index in [1.807, 2.05) is 0 Å². The molecule has 4 rings (SSSR count). The van der Waals surface area contributed by atoms with Gasteiger partial charge < -0.3 is 13.8 Å². The van der Waals surface area contributed by atoms with E-state index >= 15 is 4.39 Å². The van der Waals surface area contributed by atoms with E-state index in [0.717, 1.165) is 0 Å². The van der Waals surface area contributed by atoms with Crippen molar-refractivity contribution in [2.75, 3.05) is 13.1 Å². The van der Waals surface area contributed by atoms with Crippen LogP contribution in [0, 0.1) is 6.92 Å². The Bertz CT molecular complexity index is 915. The molecule has 134 valence electrons. The Morgan fingerprint density at radius 1 is 1.27 bits per heavy atom. The van der Waals surface area contributed by atoms with Crippen molar-refractivity contribution in [3.8, 4) is 11.4 Å². The van der Waals surface area contributed by atoms with Gasteiger partial charge in [-0.15, -0.1) is 0 Å². The quantitative estimate of drug-likeness (QED) is 0.710. The molecule has 1 aliphatic rings. The number of carbonyl (C=O) groups is 1. The van der Waals surface area contributed by atoms with Gasteiger partial charge in [-0.3, -0.25) is 9.78 Å². The van der Waals surface area contributed by atoms with Crippen LogP contribution in [0.1, 0.15) is 35.0 Å². The van der Waals surface area contributed by atoms with E-state index in [0.29, 0.717) is 17.1 Å². The van der Waals surface area contributed by atoms with Gasteiger partial charge in [0.15, 0.2) is 12.1 Å². The minimum absolute atomic E-state index is 0.0627. The highest BCUT2D eigenvalue weighted by Crippen LogP contribution is 2.37. The molecule has 0 N–H and O–H groups in total. The Kier molecular flexibility index (Phi) is 3.98. The molecular weight excluding hydrogens is 341 g/mol. The molecule has 0 aliphatic carbocycles. The molecule has 1 saturated heterocycles. The SMILES string of the molecule is Cc1ncoc1C(=O)N1CCC(F)(c2nc(-c3ccncc3)no2)CC1. The molecule has 8 nitrogen and oxygen atoms in total. The van der Waals surface area contributed by atoms with E-state index in [-0.39, 0.29) is 43.5 Å². The van der Waals surface area contributed by atoms with Gasteiger partial charge in [-0.1, -0.05) is 5.16 Å². The van der Waals surface area contributed by atoms with Crippen LogP contribution < -0.4 is 0 Å². The van der Waals surface area contributed by atoms with E-state index in [1.54, 1.807) is 36.4 Å². The molecular formula is C17H16FN5O3. The first-order chi connectivity index (χ1) is 12.6. The van der Waals surface area contributed by atoms with Crippen molar-refractivity contribution < 1.29 is 18.1 Å². The van der Waals surface area contributed by atoms with Crippen LogP contribution in [0.25, 0.3) is 11.4 Å². The summed E-state index contributed by atoms with van der Waals surface area (Å²) in [5.41, 5.74) is -0.538. The largest absolute Gasteiger partial charge is 0.438 e. The molecule has 0 unspecified atom stereocenters. The number of carbonyl (C=O) groups excluding carboxylic acids is 1. The number of nitrogens with zero attached hydrogens (tertiary/aromatic N) is 5. The van der Waals surface area contributed by atoms with Crippen molar-refractivity contribution in [2.24, 2.45) is 0 Å². The number of pyridine rings is 1. The summed E-state index contributed by atoms with van der Waals surface area (Å²) in [7, 11) is 0. The van der Waals surface area contributed by atoms with Crippen LogP contribution in [-0.2, 0) is 5.67 Å². The number of halogens is 1. The zero-order valence-corrected chi connectivity index (χ0v) is 14.1. The number of piperidine rings is 1. The molecule has 0 spiro atoms. The summed E-state index contributed by atoms with van der Waals surface area (Å²) in [4.78, 5) is 26.0. The number of aryl methyl sites for hydroxylation is 1. The number of amides is 1. The maximum Gasteiger partial charge on any atom is 0.291 e. The van der Waals surface area contributed by atoms with Gasteiger partial charge in [-0.25, -0.2) is 9.37 Å². The number of rotatable bonds is 3. The molecule has 1 aliphatic heterocycles. The van der Waals surface area contributed by atoms with Crippen molar-refractivity contribution in [1.82, 2.24) is 25.0 Å². The van der Waals surface area contributed by atoms with Crippen LogP contribution in [0.15, 0.2) is 39.9 Å². The summed E-state index contributed by atoms with van der Waals surface area (Å²) in [5.74, 6) is 0.154. The third-order valence-corrected chi connectivity index (χ3v) is 4.53. The van der Waals surface area contributed by atoms with Gasteiger partial charge >= 0.3 is 0 Å². The first-order valence-electron chi connectivity index (χ1n) is 8.20. The van der Waals surface area contributed by atoms with Gasteiger partial charge in [-0.2, -0.15) is 4.98 Å². The van der Waals surface area contributed by atoms with Crippen LogP contribution in [0.2, 0.25) is 0 Å². The number of alkyl halides is 1. The first kappa shape index (κ1) is 16.4. The van der Waals surface area contributed by atoms with Crippen LogP contribution in [0.5, 0.6) is 0 Å². The van der Waals surface area contributed by atoms with Gasteiger partial charge in [0.25, 0.3) is 11.8 Å². The summed E-state index contributed by atoms with van der Waals surface area (Å²) in [6.07, 6.45) is 4.58. The number of oxazole rings is 1. The van der Waals surface area contributed by atoms with Crippen molar-refractivity contribution in [1.29, 1.82) is 0 Å². The minimum Gasteiger partial charge on any atom is -0.438 e. The molecule has 9 heteroatoms. The van der Waals surface area contributed by atoms with Crippen LogP contribution in [0.3, 0.4) is 0 Å². The maximum atomic E-state index is 15.3. The molecule has 0 radical (unpaired) electrons. The Labute approximate surface area is 148 Å². The average molecular weight is 357 g/mol. The fourth-order valence-corrected chi connectivity index (χ4v) is 2.95. The average Bonchev–Trinajstić information content (AvgIpc) is 3.32. The lowest BCUT2D eigenvalue weighted by molar-refractivity contribution is 0.0233. The molecule has 0 atom stereocenters. The summed E-state index contributed by atoms with van der Waals surface area (Å²) >= 11 is 0. The minimum atomic E-state index is -1.76. The molecule has 0 aromatic carbocycles. The first-order valence-corrected chi connectivity index (χ1v) is 8.20. The number of likely N-dealkylation sites (tertiary alicyclic amines) is 1. The Morgan fingerprint density at radius 2 is 2.00 bits per heavy atom. The van der Waals surface area contributed by atoms with Gasteiger partial charge in [0.2, 0.25) is 11.6 Å². The molecule has 0 saturated carbocycles. The molecule has 4 heterocycles. The standard InChI is InChI=1S/C17H16FN5O3/c1-11-13(25-10-20-11)15(24)23-8-4-17(18,5-9-23)16-21-14(22-26-16)12-2-6-19-7-3-12/h2-3,6-7,10H,4-5,8-9H2,1H3. The van der Waals surface area contributed by atoms with Crippen molar-refractivity contribution in [3.63, 3.8) is 0 Å². The lowest BCUT2D eigenvalue weighted by atomic mass is 9.93. The van der Waals surface area contributed by atoms with E-state index in [1.165, 1.54) is 6.39 Å². The van der Waals surface area contributed by atoms with E-state index in [9.17, 15) is 4.79 Å². The van der Waals surface area contributed by atoms with Gasteiger partial charge in [-0.05, 0) is 19.1 Å². The number of hydrogen-bond donors (Lipinski definition) is 0. The molecule has 0 bridgehead atoms.